The molecule has 0 saturated carbocycles. The van der Waals surface area contributed by atoms with Gasteiger partial charge in [0.1, 0.15) is 0 Å². The zero-order chi connectivity index (χ0) is 13.0. The lowest BCUT2D eigenvalue weighted by Crippen LogP contribution is -2.18. The summed E-state index contributed by atoms with van der Waals surface area (Å²) in [5.41, 5.74) is 2.07. The number of benzene rings is 1. The van der Waals surface area contributed by atoms with Crippen molar-refractivity contribution < 1.29 is 0 Å². The fourth-order valence-electron chi connectivity index (χ4n) is 1.79. The normalized spacial score (nSPS) is 10.9. The van der Waals surface area contributed by atoms with Crippen LogP contribution in [0.5, 0.6) is 0 Å². The van der Waals surface area contributed by atoms with Crippen molar-refractivity contribution in [3.05, 3.63) is 63.9 Å². The lowest BCUT2D eigenvalue weighted by atomic mass is 10.2. The number of hydrogen-bond donors (Lipinski definition) is 0. The van der Waals surface area contributed by atoms with Gasteiger partial charge in [-0.25, -0.2) is 0 Å². The van der Waals surface area contributed by atoms with Crippen molar-refractivity contribution in [2.45, 2.75) is 13.1 Å². The van der Waals surface area contributed by atoms with Crippen LogP contribution >= 0.6 is 23.2 Å². The quantitative estimate of drug-likeness (QED) is 0.841. The third-order valence-corrected chi connectivity index (χ3v) is 3.21. The summed E-state index contributed by atoms with van der Waals surface area (Å²) >= 11 is 12.1. The van der Waals surface area contributed by atoms with Crippen molar-refractivity contribution in [2.75, 3.05) is 7.05 Å². The summed E-state index contributed by atoms with van der Waals surface area (Å²) in [6, 6.07) is 11.5. The van der Waals surface area contributed by atoms with Crippen molar-refractivity contribution >= 4 is 23.2 Å². The highest BCUT2D eigenvalue weighted by Crippen LogP contribution is 2.17. The molecule has 0 N–H and O–H groups in total. The van der Waals surface area contributed by atoms with E-state index >= 15 is 0 Å². The Morgan fingerprint density at radius 1 is 1.11 bits per heavy atom. The number of aromatic nitrogens is 1. The minimum absolute atomic E-state index is 0.714. The van der Waals surface area contributed by atoms with E-state index in [-0.39, 0.29) is 0 Å². The molecule has 0 atom stereocenters. The summed E-state index contributed by atoms with van der Waals surface area (Å²) in [6.07, 6.45) is 1.72. The summed E-state index contributed by atoms with van der Waals surface area (Å²) < 4.78 is 0. The van der Waals surface area contributed by atoms with Gasteiger partial charge < -0.3 is 0 Å². The lowest BCUT2D eigenvalue weighted by Gasteiger charge is -2.17. The Bertz CT molecular complexity index is 529. The molecule has 0 radical (unpaired) electrons. The van der Waals surface area contributed by atoms with E-state index in [4.69, 9.17) is 23.2 Å². The van der Waals surface area contributed by atoms with Gasteiger partial charge in [-0.1, -0.05) is 41.4 Å². The molecule has 0 aliphatic heterocycles. The predicted octanol–water partition coefficient (Wildman–Crippen LogP) is 4.02. The molecule has 0 saturated heterocycles. The van der Waals surface area contributed by atoms with Crippen molar-refractivity contribution in [1.82, 2.24) is 9.88 Å². The number of hydrogen-bond acceptors (Lipinski definition) is 2. The molecule has 2 rings (SSSR count). The van der Waals surface area contributed by atoms with E-state index in [0.717, 1.165) is 29.4 Å². The first-order valence-electron chi connectivity index (χ1n) is 5.67. The summed E-state index contributed by atoms with van der Waals surface area (Å²) in [7, 11) is 2.03. The highest BCUT2D eigenvalue weighted by molar-refractivity contribution is 6.31. The summed E-state index contributed by atoms with van der Waals surface area (Å²) in [5, 5.41) is 1.51. The zero-order valence-corrected chi connectivity index (χ0v) is 11.6. The molecule has 0 spiro atoms. The maximum absolute atomic E-state index is 6.13. The molecule has 18 heavy (non-hydrogen) atoms. The predicted molar refractivity (Wildman–Crippen MR) is 75.9 cm³/mol. The van der Waals surface area contributed by atoms with Gasteiger partial charge in [0.05, 0.1) is 5.69 Å². The van der Waals surface area contributed by atoms with E-state index in [2.05, 4.69) is 9.88 Å². The number of rotatable bonds is 4. The van der Waals surface area contributed by atoms with E-state index in [1.54, 1.807) is 12.3 Å². The van der Waals surface area contributed by atoms with Crippen molar-refractivity contribution in [3.63, 3.8) is 0 Å². The van der Waals surface area contributed by atoms with Crippen LogP contribution in [0.2, 0.25) is 10.0 Å². The molecule has 2 nitrogen and oxygen atoms in total. The molecule has 4 heteroatoms. The van der Waals surface area contributed by atoms with Crippen LogP contribution in [-0.4, -0.2) is 16.9 Å². The van der Waals surface area contributed by atoms with Crippen LogP contribution in [0.3, 0.4) is 0 Å². The molecule has 0 fully saturated rings. The highest BCUT2D eigenvalue weighted by atomic mass is 35.5. The first kappa shape index (κ1) is 13.3. The molecule has 0 amide bonds. The maximum atomic E-state index is 6.13. The van der Waals surface area contributed by atoms with E-state index in [0.29, 0.717) is 5.02 Å². The summed E-state index contributed by atoms with van der Waals surface area (Å²) in [5.74, 6) is 0. The first-order valence-corrected chi connectivity index (χ1v) is 6.43. The van der Waals surface area contributed by atoms with Crippen molar-refractivity contribution in [2.24, 2.45) is 0 Å². The van der Waals surface area contributed by atoms with Crippen LogP contribution in [-0.2, 0) is 13.1 Å². The minimum Gasteiger partial charge on any atom is -0.296 e. The fourth-order valence-corrected chi connectivity index (χ4v) is 2.16. The summed E-state index contributed by atoms with van der Waals surface area (Å²) in [4.78, 5) is 6.44. The van der Waals surface area contributed by atoms with Crippen LogP contribution in [0.4, 0.5) is 0 Å². The van der Waals surface area contributed by atoms with Gasteiger partial charge in [0.2, 0.25) is 0 Å². The Balaban J connectivity index is 2.01. The smallest absolute Gasteiger partial charge is 0.0558 e. The van der Waals surface area contributed by atoms with Gasteiger partial charge >= 0.3 is 0 Å². The van der Waals surface area contributed by atoms with Crippen LogP contribution in [0, 0.1) is 0 Å². The largest absolute Gasteiger partial charge is 0.296 e. The van der Waals surface area contributed by atoms with E-state index in [9.17, 15) is 0 Å². The molecule has 1 aromatic heterocycles. The Morgan fingerprint density at radius 3 is 2.61 bits per heavy atom. The second-order valence-corrected chi connectivity index (χ2v) is 5.07. The molecule has 1 heterocycles. The molecule has 2 aromatic rings. The van der Waals surface area contributed by atoms with Gasteiger partial charge in [-0.15, -0.1) is 0 Å². The van der Waals surface area contributed by atoms with Crippen LogP contribution < -0.4 is 0 Å². The molecule has 0 aliphatic rings. The number of halogens is 2. The minimum atomic E-state index is 0.714. The zero-order valence-electron chi connectivity index (χ0n) is 10.1. The number of pyridine rings is 1. The van der Waals surface area contributed by atoms with Crippen LogP contribution in [0.15, 0.2) is 42.6 Å². The number of nitrogens with zero attached hydrogens (tertiary/aromatic N) is 2. The highest BCUT2D eigenvalue weighted by Gasteiger charge is 2.05. The molecule has 0 bridgehead atoms. The standard InChI is InChI=1S/C14H14Cl2N2/c1-18(9-11-4-2-3-5-14(11)16)10-13-8-12(15)6-7-17-13/h2-8H,9-10H2,1H3. The van der Waals surface area contributed by atoms with Gasteiger partial charge in [-0.05, 0) is 30.8 Å². The molecular formula is C14H14Cl2N2. The molecule has 94 valence electrons. The molecular weight excluding hydrogens is 267 g/mol. The second kappa shape index (κ2) is 6.19. The van der Waals surface area contributed by atoms with Crippen LogP contribution in [0.25, 0.3) is 0 Å². The monoisotopic (exact) mass is 280 g/mol. The third-order valence-electron chi connectivity index (χ3n) is 2.61. The Morgan fingerprint density at radius 2 is 1.89 bits per heavy atom. The second-order valence-electron chi connectivity index (χ2n) is 4.23. The van der Waals surface area contributed by atoms with Gasteiger partial charge in [0.15, 0.2) is 0 Å². The topological polar surface area (TPSA) is 16.1 Å². The average Bonchev–Trinajstić information content (AvgIpc) is 2.32. The lowest BCUT2D eigenvalue weighted by molar-refractivity contribution is 0.315. The fraction of sp³-hybridized carbons (Fsp3) is 0.214. The van der Waals surface area contributed by atoms with Crippen molar-refractivity contribution in [1.29, 1.82) is 0 Å². The van der Waals surface area contributed by atoms with E-state index in [1.807, 2.05) is 37.4 Å². The third kappa shape index (κ3) is 3.70. The maximum Gasteiger partial charge on any atom is 0.0558 e. The Hall–Kier alpha value is -1.09. The van der Waals surface area contributed by atoms with Gasteiger partial charge in [0, 0.05) is 29.3 Å². The van der Waals surface area contributed by atoms with Gasteiger partial charge in [0.25, 0.3) is 0 Å². The molecule has 0 aliphatic carbocycles. The SMILES string of the molecule is CN(Cc1cc(Cl)ccn1)Cc1ccccc1Cl. The van der Waals surface area contributed by atoms with Gasteiger partial charge in [-0.2, -0.15) is 0 Å². The van der Waals surface area contributed by atoms with Crippen LogP contribution in [0.1, 0.15) is 11.3 Å². The molecule has 1 aromatic carbocycles. The average molecular weight is 281 g/mol. The summed E-state index contributed by atoms with van der Waals surface area (Å²) in [6.45, 7) is 1.53. The Kier molecular flexibility index (Phi) is 4.59. The Labute approximate surface area is 117 Å². The van der Waals surface area contributed by atoms with E-state index in [1.165, 1.54) is 0 Å². The molecule has 0 unspecified atom stereocenters. The van der Waals surface area contributed by atoms with Gasteiger partial charge in [-0.3, -0.25) is 9.88 Å². The first-order chi connectivity index (χ1) is 8.65. The van der Waals surface area contributed by atoms with E-state index < -0.39 is 0 Å². The van der Waals surface area contributed by atoms with Crippen molar-refractivity contribution in [3.8, 4) is 0 Å².